The van der Waals surface area contributed by atoms with Crippen LogP contribution in [0.1, 0.15) is 18.1 Å². The lowest BCUT2D eigenvalue weighted by molar-refractivity contribution is -0.133. The van der Waals surface area contributed by atoms with Gasteiger partial charge in [0.05, 0.1) is 0 Å². The molecule has 140 valence electrons. The van der Waals surface area contributed by atoms with Crippen LogP contribution in [0.25, 0.3) is 0 Å². The van der Waals surface area contributed by atoms with Crippen LogP contribution in [0, 0.1) is 18.6 Å². The van der Waals surface area contributed by atoms with E-state index in [1.54, 1.807) is 31.2 Å². The third-order valence-corrected chi connectivity index (χ3v) is 4.46. The van der Waals surface area contributed by atoms with Crippen molar-refractivity contribution in [2.24, 2.45) is 0 Å². The smallest absolute Gasteiger partial charge is 0.324 e. The minimum atomic E-state index is -1.80. The summed E-state index contributed by atoms with van der Waals surface area (Å²) in [5, 5.41) is 4.96. The number of nitrogens with one attached hydrogen (secondary N) is 2. The molecule has 0 unspecified atom stereocenters. The zero-order valence-electron chi connectivity index (χ0n) is 14.7. The zero-order valence-corrected chi connectivity index (χ0v) is 14.7. The highest BCUT2D eigenvalue weighted by Crippen LogP contribution is 2.31. The molecule has 27 heavy (non-hydrogen) atoms. The predicted octanol–water partition coefficient (Wildman–Crippen LogP) is 2.68. The van der Waals surface area contributed by atoms with Crippen molar-refractivity contribution in [3.63, 3.8) is 0 Å². The number of aryl methyl sites for hydroxylation is 1. The summed E-state index contributed by atoms with van der Waals surface area (Å²) in [6.45, 7) is 2.52. The molecule has 0 aromatic heterocycles. The van der Waals surface area contributed by atoms with Gasteiger partial charge in [0.2, 0.25) is 5.91 Å². The first-order valence-electron chi connectivity index (χ1n) is 8.17. The second-order valence-electron chi connectivity index (χ2n) is 6.43. The lowest BCUT2D eigenvalue weighted by atomic mass is 9.91. The summed E-state index contributed by atoms with van der Waals surface area (Å²) in [7, 11) is 0. The number of hydrogen-bond acceptors (Lipinski definition) is 3. The van der Waals surface area contributed by atoms with E-state index >= 15 is 0 Å². The number of halogens is 2. The second-order valence-corrected chi connectivity index (χ2v) is 6.43. The molecule has 2 aromatic carbocycles. The van der Waals surface area contributed by atoms with E-state index in [1.165, 1.54) is 6.92 Å². The Labute approximate surface area is 154 Å². The van der Waals surface area contributed by atoms with E-state index in [2.05, 4.69) is 10.6 Å². The average molecular weight is 373 g/mol. The third-order valence-electron chi connectivity index (χ3n) is 4.46. The summed E-state index contributed by atoms with van der Waals surface area (Å²) in [5.74, 6) is -3.00. The molecule has 1 atom stereocenters. The predicted molar refractivity (Wildman–Crippen MR) is 93.8 cm³/mol. The third kappa shape index (κ3) is 3.38. The van der Waals surface area contributed by atoms with E-state index in [4.69, 9.17) is 0 Å². The van der Waals surface area contributed by atoms with Gasteiger partial charge in [0.1, 0.15) is 23.7 Å². The maximum atomic E-state index is 14.1. The normalized spacial score (nSPS) is 19.2. The van der Waals surface area contributed by atoms with Crippen LogP contribution in [0.15, 0.2) is 42.5 Å². The molecule has 2 aromatic rings. The van der Waals surface area contributed by atoms with Crippen molar-refractivity contribution in [3.05, 3.63) is 65.2 Å². The highest BCUT2D eigenvalue weighted by atomic mass is 19.1. The molecule has 1 saturated heterocycles. The molecular formula is C19H17F2N3O3. The Bertz CT molecular complexity index is 948. The molecule has 1 aliphatic rings. The van der Waals surface area contributed by atoms with E-state index in [1.807, 2.05) is 0 Å². The van der Waals surface area contributed by atoms with Crippen LogP contribution in [-0.2, 0) is 15.1 Å². The molecule has 1 heterocycles. The number of benzene rings is 2. The van der Waals surface area contributed by atoms with Crippen molar-refractivity contribution in [1.29, 1.82) is 0 Å². The Hall–Kier alpha value is -3.29. The minimum Gasteiger partial charge on any atom is -0.324 e. The number of imide groups is 1. The molecule has 0 saturated carbocycles. The maximum absolute atomic E-state index is 14.1. The summed E-state index contributed by atoms with van der Waals surface area (Å²) in [6.07, 6.45) is 0. The molecule has 8 heteroatoms. The Balaban J connectivity index is 1.81. The van der Waals surface area contributed by atoms with Crippen LogP contribution < -0.4 is 10.6 Å². The van der Waals surface area contributed by atoms with Gasteiger partial charge in [-0.1, -0.05) is 18.2 Å². The van der Waals surface area contributed by atoms with Gasteiger partial charge in [0.25, 0.3) is 5.91 Å². The van der Waals surface area contributed by atoms with Gasteiger partial charge in [0, 0.05) is 11.3 Å². The first kappa shape index (κ1) is 18.5. The fourth-order valence-electron chi connectivity index (χ4n) is 2.95. The monoisotopic (exact) mass is 373 g/mol. The van der Waals surface area contributed by atoms with Crippen molar-refractivity contribution < 1.29 is 23.2 Å². The van der Waals surface area contributed by atoms with Crippen LogP contribution in [-0.4, -0.2) is 29.3 Å². The first-order chi connectivity index (χ1) is 12.7. The Morgan fingerprint density at radius 1 is 1.19 bits per heavy atom. The molecule has 1 fully saturated rings. The van der Waals surface area contributed by atoms with E-state index in [9.17, 15) is 23.2 Å². The van der Waals surface area contributed by atoms with Crippen LogP contribution >= 0.6 is 0 Å². The molecule has 0 bridgehead atoms. The van der Waals surface area contributed by atoms with Crippen LogP contribution in [0.3, 0.4) is 0 Å². The number of hydrogen-bond donors (Lipinski definition) is 2. The van der Waals surface area contributed by atoms with Crippen molar-refractivity contribution in [1.82, 2.24) is 10.2 Å². The van der Waals surface area contributed by atoms with Crippen LogP contribution in [0.5, 0.6) is 0 Å². The van der Waals surface area contributed by atoms with E-state index < -0.39 is 41.6 Å². The SMILES string of the molecule is Cc1ccccc1NC(=O)CN1C(=O)N[C@@](C)(c2cc(F)ccc2F)C1=O. The van der Waals surface area contributed by atoms with E-state index in [-0.39, 0.29) is 5.56 Å². The number of carbonyl (C=O) groups excluding carboxylic acids is 3. The fourth-order valence-corrected chi connectivity index (χ4v) is 2.95. The highest BCUT2D eigenvalue weighted by molar-refractivity contribution is 6.10. The summed E-state index contributed by atoms with van der Waals surface area (Å²) in [5.41, 5.74) is -0.738. The molecule has 4 amide bonds. The highest BCUT2D eigenvalue weighted by Gasteiger charge is 2.50. The van der Waals surface area contributed by atoms with Crippen LogP contribution in [0.4, 0.5) is 19.3 Å². The van der Waals surface area contributed by atoms with Crippen molar-refractivity contribution >= 4 is 23.5 Å². The number of amides is 4. The molecule has 0 radical (unpaired) electrons. The number of para-hydroxylation sites is 1. The maximum Gasteiger partial charge on any atom is 0.325 e. The summed E-state index contributed by atoms with van der Waals surface area (Å²) >= 11 is 0. The van der Waals surface area contributed by atoms with Gasteiger partial charge in [-0.3, -0.25) is 14.5 Å². The minimum absolute atomic E-state index is 0.303. The standard InChI is InChI=1S/C19H17F2N3O3/c1-11-5-3-4-6-15(11)22-16(25)10-24-17(26)19(2,23-18(24)27)13-9-12(20)7-8-14(13)21/h3-9H,10H2,1-2H3,(H,22,25)(H,23,27)/t19-/m0/s1. The number of urea groups is 1. The molecule has 6 nitrogen and oxygen atoms in total. The van der Waals surface area contributed by atoms with Gasteiger partial charge in [0.15, 0.2) is 0 Å². The second kappa shape index (κ2) is 6.79. The summed E-state index contributed by atoms with van der Waals surface area (Å²) in [6, 6.07) is 8.82. The Morgan fingerprint density at radius 2 is 1.89 bits per heavy atom. The lowest BCUT2D eigenvalue weighted by Gasteiger charge is -2.22. The van der Waals surface area contributed by atoms with Gasteiger partial charge in [-0.15, -0.1) is 0 Å². The number of carbonyl (C=O) groups is 3. The van der Waals surface area contributed by atoms with E-state index in [0.717, 1.165) is 23.8 Å². The Kier molecular flexibility index (Phi) is 4.65. The topological polar surface area (TPSA) is 78.5 Å². The molecule has 0 spiro atoms. The zero-order chi connectivity index (χ0) is 19.8. The van der Waals surface area contributed by atoms with Gasteiger partial charge in [-0.2, -0.15) is 0 Å². The Morgan fingerprint density at radius 3 is 2.59 bits per heavy atom. The number of anilines is 1. The molecule has 3 rings (SSSR count). The van der Waals surface area contributed by atoms with Gasteiger partial charge in [-0.25, -0.2) is 13.6 Å². The van der Waals surface area contributed by atoms with Crippen molar-refractivity contribution in [2.75, 3.05) is 11.9 Å². The summed E-state index contributed by atoms with van der Waals surface area (Å²) in [4.78, 5) is 37.9. The summed E-state index contributed by atoms with van der Waals surface area (Å²) < 4.78 is 27.6. The van der Waals surface area contributed by atoms with Gasteiger partial charge in [-0.05, 0) is 43.7 Å². The number of nitrogens with zero attached hydrogens (tertiary/aromatic N) is 1. The van der Waals surface area contributed by atoms with Crippen LogP contribution in [0.2, 0.25) is 0 Å². The average Bonchev–Trinajstić information content (AvgIpc) is 2.83. The van der Waals surface area contributed by atoms with Gasteiger partial charge >= 0.3 is 6.03 Å². The molecule has 1 aliphatic heterocycles. The molecule has 0 aliphatic carbocycles. The van der Waals surface area contributed by atoms with E-state index in [0.29, 0.717) is 10.6 Å². The van der Waals surface area contributed by atoms with Crippen molar-refractivity contribution in [3.8, 4) is 0 Å². The van der Waals surface area contributed by atoms with Gasteiger partial charge < -0.3 is 10.6 Å². The largest absolute Gasteiger partial charge is 0.325 e. The first-order valence-corrected chi connectivity index (χ1v) is 8.17. The number of rotatable bonds is 4. The fraction of sp³-hybridized carbons (Fsp3) is 0.211. The molecule has 2 N–H and O–H groups in total. The molecular weight excluding hydrogens is 356 g/mol. The van der Waals surface area contributed by atoms with Crippen molar-refractivity contribution in [2.45, 2.75) is 19.4 Å². The lowest BCUT2D eigenvalue weighted by Crippen LogP contribution is -2.42. The quantitative estimate of drug-likeness (QED) is 0.809.